The molecule has 0 bridgehead atoms. The Kier molecular flexibility index (Phi) is 3.43. The fourth-order valence-corrected chi connectivity index (χ4v) is 1.06. The molecule has 0 saturated carbocycles. The smallest absolute Gasteiger partial charge is 0.305 e. The van der Waals surface area contributed by atoms with Crippen LogP contribution in [0.3, 0.4) is 0 Å². The molecule has 82 valence electrons. The average molecular weight is 211 g/mol. The molecule has 0 unspecified atom stereocenters. The minimum Gasteiger partial charge on any atom is -0.481 e. The second-order valence-corrected chi connectivity index (χ2v) is 3.34. The van der Waals surface area contributed by atoms with E-state index in [9.17, 15) is 9.59 Å². The van der Waals surface area contributed by atoms with Crippen LogP contribution in [0.2, 0.25) is 0 Å². The van der Waals surface area contributed by atoms with E-state index in [2.05, 4.69) is 5.10 Å². The van der Waals surface area contributed by atoms with Gasteiger partial charge in [-0.1, -0.05) is 0 Å². The Bertz CT molecular complexity index is 370. The van der Waals surface area contributed by atoms with Gasteiger partial charge in [-0.25, -0.2) is 0 Å². The lowest BCUT2D eigenvalue weighted by Crippen LogP contribution is -2.21. The molecule has 0 aromatic carbocycles. The van der Waals surface area contributed by atoms with Crippen LogP contribution >= 0.6 is 0 Å². The second-order valence-electron chi connectivity index (χ2n) is 3.34. The number of hydrogen-bond acceptors (Lipinski definition) is 3. The second kappa shape index (κ2) is 4.59. The summed E-state index contributed by atoms with van der Waals surface area (Å²) in [5, 5.41) is 12.4. The van der Waals surface area contributed by atoms with Crippen molar-refractivity contribution in [1.29, 1.82) is 0 Å². The summed E-state index contributed by atoms with van der Waals surface area (Å²) in [6.45, 7) is 0.274. The number of rotatable bonds is 4. The van der Waals surface area contributed by atoms with Crippen LogP contribution in [0.5, 0.6) is 0 Å². The molecule has 0 fully saturated rings. The lowest BCUT2D eigenvalue weighted by atomic mass is 10.3. The summed E-state index contributed by atoms with van der Waals surface area (Å²) in [5.74, 6) is -1.03. The van der Waals surface area contributed by atoms with Crippen LogP contribution in [0.15, 0.2) is 12.4 Å². The molecule has 1 amide bonds. The number of hydrogen-bond donors (Lipinski definition) is 1. The number of nitrogens with zero attached hydrogens (tertiary/aromatic N) is 3. The van der Waals surface area contributed by atoms with Crippen molar-refractivity contribution in [2.24, 2.45) is 0 Å². The van der Waals surface area contributed by atoms with Gasteiger partial charge in [0.2, 0.25) is 0 Å². The van der Waals surface area contributed by atoms with Crippen molar-refractivity contribution < 1.29 is 14.7 Å². The average Bonchev–Trinajstić information content (AvgIpc) is 2.61. The van der Waals surface area contributed by atoms with Crippen LogP contribution in [0, 0.1) is 0 Å². The fourth-order valence-electron chi connectivity index (χ4n) is 1.06. The normalized spacial score (nSPS) is 10.0. The zero-order valence-electron chi connectivity index (χ0n) is 8.67. The van der Waals surface area contributed by atoms with Gasteiger partial charge in [-0.05, 0) is 0 Å². The van der Waals surface area contributed by atoms with Gasteiger partial charge in [-0.15, -0.1) is 0 Å². The van der Waals surface area contributed by atoms with E-state index < -0.39 is 5.97 Å². The highest BCUT2D eigenvalue weighted by Gasteiger charge is 2.10. The first-order valence-corrected chi connectivity index (χ1v) is 4.46. The molecule has 0 saturated heterocycles. The molecule has 1 aromatic rings. The Balaban J connectivity index is 2.64. The summed E-state index contributed by atoms with van der Waals surface area (Å²) in [5.41, 5.74) is 0.463. The summed E-state index contributed by atoms with van der Waals surface area (Å²) in [6.07, 6.45) is 2.98. The molecule has 0 aliphatic rings. The van der Waals surface area contributed by atoms with Crippen molar-refractivity contribution in [3.63, 3.8) is 0 Å². The van der Waals surface area contributed by atoms with Gasteiger partial charge in [0.25, 0.3) is 5.91 Å². The van der Waals surface area contributed by atoms with Gasteiger partial charge in [-0.2, -0.15) is 5.10 Å². The van der Waals surface area contributed by atoms with Gasteiger partial charge in [-0.3, -0.25) is 14.3 Å². The molecule has 0 atom stereocenters. The van der Waals surface area contributed by atoms with Crippen molar-refractivity contribution in [2.75, 3.05) is 14.1 Å². The molecule has 0 aliphatic carbocycles. The maximum absolute atomic E-state index is 11.5. The number of aliphatic carboxylic acids is 1. The van der Waals surface area contributed by atoms with Gasteiger partial charge in [0.15, 0.2) is 0 Å². The van der Waals surface area contributed by atoms with Crippen molar-refractivity contribution in [3.05, 3.63) is 18.0 Å². The van der Waals surface area contributed by atoms with E-state index in [0.717, 1.165) is 0 Å². The predicted molar refractivity (Wildman–Crippen MR) is 52.5 cm³/mol. The van der Waals surface area contributed by atoms with Crippen LogP contribution in [-0.4, -0.2) is 45.8 Å². The Morgan fingerprint density at radius 2 is 2.20 bits per heavy atom. The third kappa shape index (κ3) is 3.08. The van der Waals surface area contributed by atoms with Gasteiger partial charge >= 0.3 is 5.97 Å². The Labute approximate surface area is 87.1 Å². The maximum atomic E-state index is 11.5. The minimum atomic E-state index is -0.883. The Morgan fingerprint density at radius 3 is 2.73 bits per heavy atom. The zero-order valence-corrected chi connectivity index (χ0v) is 8.67. The van der Waals surface area contributed by atoms with Crippen LogP contribution in [0.1, 0.15) is 16.8 Å². The van der Waals surface area contributed by atoms with E-state index in [-0.39, 0.29) is 18.9 Å². The largest absolute Gasteiger partial charge is 0.481 e. The summed E-state index contributed by atoms with van der Waals surface area (Å²) < 4.78 is 1.45. The summed E-state index contributed by atoms with van der Waals surface area (Å²) in [4.78, 5) is 23.2. The standard InChI is InChI=1S/C9H13N3O3/c1-11(2)9(15)7-5-10-12(6-7)4-3-8(13)14/h5-6H,3-4H2,1-2H3,(H,13,14). The summed E-state index contributed by atoms with van der Waals surface area (Å²) in [7, 11) is 3.30. The van der Waals surface area contributed by atoms with Crippen LogP contribution < -0.4 is 0 Å². The highest BCUT2D eigenvalue weighted by Crippen LogP contribution is 2.01. The highest BCUT2D eigenvalue weighted by molar-refractivity contribution is 5.93. The van der Waals surface area contributed by atoms with Crippen LogP contribution in [-0.2, 0) is 11.3 Å². The van der Waals surface area contributed by atoms with Crippen LogP contribution in [0.25, 0.3) is 0 Å². The zero-order chi connectivity index (χ0) is 11.4. The molecule has 1 N–H and O–H groups in total. The third-order valence-corrected chi connectivity index (χ3v) is 1.84. The topological polar surface area (TPSA) is 75.4 Å². The molecular weight excluding hydrogens is 198 g/mol. The molecule has 1 rings (SSSR count). The first kappa shape index (κ1) is 11.2. The van der Waals surface area contributed by atoms with Gasteiger partial charge < -0.3 is 10.0 Å². The molecule has 15 heavy (non-hydrogen) atoms. The Morgan fingerprint density at radius 1 is 1.53 bits per heavy atom. The number of aromatic nitrogens is 2. The minimum absolute atomic E-state index is 0.00270. The Hall–Kier alpha value is -1.85. The molecule has 0 radical (unpaired) electrons. The molecule has 1 heterocycles. The number of amides is 1. The SMILES string of the molecule is CN(C)C(=O)c1cnn(CCC(=O)O)c1. The quantitative estimate of drug-likeness (QED) is 0.764. The van der Waals surface area contributed by atoms with E-state index in [1.54, 1.807) is 20.3 Å². The fraction of sp³-hybridized carbons (Fsp3) is 0.444. The highest BCUT2D eigenvalue weighted by atomic mass is 16.4. The molecule has 6 heteroatoms. The van der Waals surface area contributed by atoms with Crippen molar-refractivity contribution in [2.45, 2.75) is 13.0 Å². The molecule has 0 aliphatic heterocycles. The van der Waals surface area contributed by atoms with Crippen LogP contribution in [0.4, 0.5) is 0 Å². The number of aryl methyl sites for hydroxylation is 1. The molecule has 6 nitrogen and oxygen atoms in total. The van der Waals surface area contributed by atoms with Crippen molar-refractivity contribution in [3.8, 4) is 0 Å². The maximum Gasteiger partial charge on any atom is 0.305 e. The van der Waals surface area contributed by atoms with Crippen molar-refractivity contribution >= 4 is 11.9 Å². The lowest BCUT2D eigenvalue weighted by molar-refractivity contribution is -0.137. The van der Waals surface area contributed by atoms with Gasteiger partial charge in [0.1, 0.15) is 0 Å². The van der Waals surface area contributed by atoms with E-state index in [1.165, 1.54) is 15.8 Å². The number of carbonyl (C=O) groups excluding carboxylic acids is 1. The number of carboxylic acids is 1. The molecule has 1 aromatic heterocycles. The summed E-state index contributed by atoms with van der Waals surface area (Å²) >= 11 is 0. The number of carbonyl (C=O) groups is 2. The van der Waals surface area contributed by atoms with E-state index in [4.69, 9.17) is 5.11 Å². The summed E-state index contributed by atoms with van der Waals surface area (Å²) in [6, 6.07) is 0. The van der Waals surface area contributed by atoms with Gasteiger partial charge in [0, 0.05) is 20.3 Å². The lowest BCUT2D eigenvalue weighted by Gasteiger charge is -2.06. The first-order valence-electron chi connectivity index (χ1n) is 4.46. The molecule has 0 spiro atoms. The monoisotopic (exact) mass is 211 g/mol. The number of carboxylic acid groups (broad SMARTS) is 1. The third-order valence-electron chi connectivity index (χ3n) is 1.84. The molecular formula is C9H13N3O3. The first-order chi connectivity index (χ1) is 7.00. The van der Waals surface area contributed by atoms with E-state index in [1.807, 2.05) is 0 Å². The van der Waals surface area contributed by atoms with E-state index in [0.29, 0.717) is 5.56 Å². The predicted octanol–water partition coefficient (Wildman–Crippen LogP) is 0.0596. The van der Waals surface area contributed by atoms with Crippen molar-refractivity contribution in [1.82, 2.24) is 14.7 Å². The van der Waals surface area contributed by atoms with E-state index >= 15 is 0 Å². The van der Waals surface area contributed by atoms with Gasteiger partial charge in [0.05, 0.1) is 24.7 Å².